The first kappa shape index (κ1) is 10.5. The van der Waals surface area contributed by atoms with Gasteiger partial charge in [-0.2, -0.15) is 0 Å². The van der Waals surface area contributed by atoms with Gasteiger partial charge in [0.05, 0.1) is 5.56 Å². The van der Waals surface area contributed by atoms with E-state index >= 15 is 0 Å². The van der Waals surface area contributed by atoms with E-state index in [4.69, 9.17) is 11.6 Å². The van der Waals surface area contributed by atoms with Gasteiger partial charge in [-0.25, -0.2) is 9.97 Å². The zero-order chi connectivity index (χ0) is 11.8. The molecule has 0 saturated carbocycles. The fourth-order valence-corrected chi connectivity index (χ4v) is 2.68. The Hall–Kier alpha value is -1.65. The van der Waals surface area contributed by atoms with Crippen LogP contribution in [-0.4, -0.2) is 15.1 Å². The highest BCUT2D eigenvalue weighted by Gasteiger charge is 2.10. The molecule has 0 fully saturated rings. The van der Waals surface area contributed by atoms with E-state index in [1.807, 2.05) is 12.1 Å². The first-order chi connectivity index (χ1) is 8.24. The van der Waals surface area contributed by atoms with E-state index < -0.39 is 0 Å². The Kier molecular flexibility index (Phi) is 2.46. The normalized spacial score (nSPS) is 10.9. The van der Waals surface area contributed by atoms with Crippen LogP contribution in [0.1, 0.15) is 0 Å². The largest absolute Gasteiger partial charge is 0.507 e. The molecular weight excluding hydrogens is 256 g/mol. The van der Waals surface area contributed by atoms with Crippen molar-refractivity contribution in [3.8, 4) is 16.3 Å². The average Bonchev–Trinajstić information content (AvgIpc) is 2.72. The third kappa shape index (κ3) is 1.85. The standard InChI is InChI=1S/C12H7ClN2OS/c13-7-3-4-8(10(16)6-7)11-15-9-2-1-5-14-12(9)17-11/h1-6,16H. The molecule has 0 aliphatic carbocycles. The van der Waals surface area contributed by atoms with Gasteiger partial charge >= 0.3 is 0 Å². The lowest BCUT2D eigenvalue weighted by Crippen LogP contribution is -1.77. The molecule has 3 rings (SSSR count). The van der Waals surface area contributed by atoms with Crippen LogP contribution in [-0.2, 0) is 0 Å². The Balaban J connectivity index is 2.20. The Morgan fingerprint density at radius 3 is 2.88 bits per heavy atom. The highest BCUT2D eigenvalue weighted by atomic mass is 35.5. The lowest BCUT2D eigenvalue weighted by atomic mass is 10.2. The summed E-state index contributed by atoms with van der Waals surface area (Å²) in [5.41, 5.74) is 1.51. The fourth-order valence-electron chi connectivity index (χ4n) is 1.57. The SMILES string of the molecule is Oc1cc(Cl)ccc1-c1nc2cccnc2s1. The van der Waals surface area contributed by atoms with E-state index in [2.05, 4.69) is 9.97 Å². The second kappa shape index (κ2) is 3.98. The predicted octanol–water partition coefficient (Wildman–Crippen LogP) is 3.72. The molecule has 5 heteroatoms. The number of benzene rings is 1. The summed E-state index contributed by atoms with van der Waals surface area (Å²) in [6, 6.07) is 8.74. The second-order valence-corrected chi connectivity index (χ2v) is 4.92. The van der Waals surface area contributed by atoms with Crippen LogP contribution in [0.25, 0.3) is 20.9 Å². The van der Waals surface area contributed by atoms with Crippen molar-refractivity contribution in [1.82, 2.24) is 9.97 Å². The van der Waals surface area contributed by atoms with E-state index in [1.165, 1.54) is 17.4 Å². The van der Waals surface area contributed by atoms with Crippen LogP contribution in [0, 0.1) is 0 Å². The summed E-state index contributed by atoms with van der Waals surface area (Å²) in [5.74, 6) is 0.136. The van der Waals surface area contributed by atoms with Crippen molar-refractivity contribution in [2.45, 2.75) is 0 Å². The van der Waals surface area contributed by atoms with E-state index in [9.17, 15) is 5.11 Å². The number of pyridine rings is 1. The maximum absolute atomic E-state index is 9.83. The van der Waals surface area contributed by atoms with Crippen molar-refractivity contribution in [2.24, 2.45) is 0 Å². The molecule has 0 atom stereocenters. The number of hydrogen-bond acceptors (Lipinski definition) is 4. The van der Waals surface area contributed by atoms with Crippen molar-refractivity contribution < 1.29 is 5.11 Å². The summed E-state index contributed by atoms with van der Waals surface area (Å²) in [6.45, 7) is 0. The first-order valence-electron chi connectivity index (χ1n) is 4.94. The Bertz CT molecular complexity index is 663. The van der Waals surface area contributed by atoms with Gasteiger partial charge in [0.25, 0.3) is 0 Å². The van der Waals surface area contributed by atoms with E-state index in [1.54, 1.807) is 18.3 Å². The molecule has 0 amide bonds. The molecule has 2 heterocycles. The summed E-state index contributed by atoms with van der Waals surface area (Å²) in [6.07, 6.45) is 1.73. The summed E-state index contributed by atoms with van der Waals surface area (Å²) in [7, 11) is 0. The van der Waals surface area contributed by atoms with Gasteiger partial charge in [-0.3, -0.25) is 0 Å². The van der Waals surface area contributed by atoms with Crippen molar-refractivity contribution in [3.05, 3.63) is 41.6 Å². The zero-order valence-electron chi connectivity index (χ0n) is 8.59. The minimum Gasteiger partial charge on any atom is -0.507 e. The molecule has 1 N–H and O–H groups in total. The molecule has 0 radical (unpaired) electrons. The number of fused-ring (bicyclic) bond motifs is 1. The van der Waals surface area contributed by atoms with Crippen LogP contribution in [0.2, 0.25) is 5.02 Å². The summed E-state index contributed by atoms with van der Waals surface area (Å²) in [5, 5.41) is 11.1. The summed E-state index contributed by atoms with van der Waals surface area (Å²) >= 11 is 7.24. The van der Waals surface area contributed by atoms with Crippen molar-refractivity contribution in [3.63, 3.8) is 0 Å². The van der Waals surface area contributed by atoms with Crippen LogP contribution in [0.5, 0.6) is 5.75 Å². The van der Waals surface area contributed by atoms with Gasteiger partial charge in [-0.1, -0.05) is 22.9 Å². The maximum Gasteiger partial charge on any atom is 0.143 e. The Morgan fingerprint density at radius 1 is 1.24 bits per heavy atom. The van der Waals surface area contributed by atoms with Crippen LogP contribution in [0.15, 0.2) is 36.5 Å². The molecule has 0 bridgehead atoms. The molecule has 2 aromatic heterocycles. The summed E-state index contributed by atoms with van der Waals surface area (Å²) in [4.78, 5) is 9.51. The number of rotatable bonds is 1. The maximum atomic E-state index is 9.83. The first-order valence-corrected chi connectivity index (χ1v) is 6.14. The molecule has 0 aliphatic rings. The molecule has 0 spiro atoms. The van der Waals surface area contributed by atoms with Crippen LogP contribution in [0.3, 0.4) is 0 Å². The molecular formula is C12H7ClN2OS. The average molecular weight is 263 g/mol. The minimum atomic E-state index is 0.136. The predicted molar refractivity (Wildman–Crippen MR) is 69.5 cm³/mol. The van der Waals surface area contributed by atoms with Crippen molar-refractivity contribution in [1.29, 1.82) is 0 Å². The van der Waals surface area contributed by atoms with Crippen molar-refractivity contribution >= 4 is 33.3 Å². The van der Waals surface area contributed by atoms with Gasteiger partial charge in [-0.15, -0.1) is 0 Å². The molecule has 3 aromatic rings. The highest BCUT2D eigenvalue weighted by Crippen LogP contribution is 2.35. The van der Waals surface area contributed by atoms with Crippen LogP contribution < -0.4 is 0 Å². The van der Waals surface area contributed by atoms with E-state index in [0.717, 1.165) is 15.4 Å². The lowest BCUT2D eigenvalue weighted by Gasteiger charge is -2.00. The van der Waals surface area contributed by atoms with Crippen LogP contribution >= 0.6 is 22.9 Å². The second-order valence-electron chi connectivity index (χ2n) is 3.51. The van der Waals surface area contributed by atoms with Gasteiger partial charge in [-0.05, 0) is 30.3 Å². The summed E-state index contributed by atoms with van der Waals surface area (Å²) < 4.78 is 0. The van der Waals surface area contributed by atoms with Gasteiger partial charge in [0.2, 0.25) is 0 Å². The third-order valence-electron chi connectivity index (χ3n) is 2.36. The van der Waals surface area contributed by atoms with Gasteiger partial charge < -0.3 is 5.11 Å². The topological polar surface area (TPSA) is 46.0 Å². The van der Waals surface area contributed by atoms with E-state index in [0.29, 0.717) is 10.6 Å². The number of phenols is 1. The quantitative estimate of drug-likeness (QED) is 0.727. The molecule has 3 nitrogen and oxygen atoms in total. The number of phenolic OH excluding ortho intramolecular Hbond substituents is 1. The van der Waals surface area contributed by atoms with Crippen molar-refractivity contribution in [2.75, 3.05) is 0 Å². The zero-order valence-corrected chi connectivity index (χ0v) is 10.2. The van der Waals surface area contributed by atoms with Crippen LogP contribution in [0.4, 0.5) is 0 Å². The molecule has 84 valence electrons. The molecule has 0 saturated heterocycles. The Morgan fingerprint density at radius 2 is 2.12 bits per heavy atom. The lowest BCUT2D eigenvalue weighted by molar-refractivity contribution is 0.477. The number of aromatic hydroxyl groups is 1. The number of thiazole rings is 1. The molecule has 0 unspecified atom stereocenters. The minimum absolute atomic E-state index is 0.136. The monoisotopic (exact) mass is 262 g/mol. The fraction of sp³-hybridized carbons (Fsp3) is 0. The molecule has 0 aliphatic heterocycles. The Labute approximate surface area is 106 Å². The van der Waals surface area contributed by atoms with E-state index in [-0.39, 0.29) is 5.75 Å². The number of halogens is 1. The number of hydrogen-bond donors (Lipinski definition) is 1. The van der Waals surface area contributed by atoms with Gasteiger partial charge in [0, 0.05) is 11.2 Å². The molecule has 1 aromatic carbocycles. The highest BCUT2D eigenvalue weighted by molar-refractivity contribution is 7.21. The molecule has 17 heavy (non-hydrogen) atoms. The number of nitrogens with zero attached hydrogens (tertiary/aromatic N) is 2. The van der Waals surface area contributed by atoms with Gasteiger partial charge in [0.1, 0.15) is 21.1 Å². The van der Waals surface area contributed by atoms with Gasteiger partial charge in [0.15, 0.2) is 0 Å². The smallest absolute Gasteiger partial charge is 0.143 e. The third-order valence-corrected chi connectivity index (χ3v) is 3.60. The number of aromatic nitrogens is 2.